The number of nitriles is 1. The first-order valence-electron chi connectivity index (χ1n) is 8.58. The second-order valence-corrected chi connectivity index (χ2v) is 6.13. The zero-order chi connectivity index (χ0) is 20.8. The van der Waals surface area contributed by atoms with Crippen LogP contribution in [0.5, 0.6) is 11.5 Å². The molecule has 1 aromatic rings. The van der Waals surface area contributed by atoms with E-state index in [4.69, 9.17) is 9.47 Å². The van der Waals surface area contributed by atoms with E-state index in [-0.39, 0.29) is 17.2 Å². The van der Waals surface area contributed by atoms with Crippen LogP contribution in [-0.2, 0) is 9.59 Å². The van der Waals surface area contributed by atoms with Crippen LogP contribution in [0.15, 0.2) is 54.3 Å². The lowest BCUT2D eigenvalue weighted by atomic mass is 10.1. The molecule has 0 radical (unpaired) electrons. The van der Waals surface area contributed by atoms with Gasteiger partial charge in [0.2, 0.25) is 5.91 Å². The predicted molar refractivity (Wildman–Crippen MR) is 103 cm³/mol. The summed E-state index contributed by atoms with van der Waals surface area (Å²) < 4.78 is 10.5. The summed E-state index contributed by atoms with van der Waals surface area (Å²) in [5, 5.41) is 21.4. The second kappa shape index (κ2) is 8.91. The van der Waals surface area contributed by atoms with Crippen molar-refractivity contribution in [3.63, 3.8) is 0 Å². The molecule has 2 rings (SSSR count). The number of carbonyl (C=O) groups is 2. The molecular weight excluding hydrogens is 360 g/mol. The molecule has 1 saturated carbocycles. The molecule has 2 N–H and O–H groups in total. The number of allylic oxidation sites excluding steroid dienone is 3. The van der Waals surface area contributed by atoms with Crippen LogP contribution in [0.2, 0.25) is 0 Å². The number of methoxy groups -OCH3 is 2. The minimum absolute atomic E-state index is 0.0809. The molecule has 0 spiro atoms. The number of carboxylic acids is 1. The van der Waals surface area contributed by atoms with Crippen molar-refractivity contribution < 1.29 is 24.2 Å². The van der Waals surface area contributed by atoms with Crippen LogP contribution in [0.3, 0.4) is 0 Å². The summed E-state index contributed by atoms with van der Waals surface area (Å²) >= 11 is 0. The van der Waals surface area contributed by atoms with Crippen molar-refractivity contribution in [2.45, 2.75) is 12.8 Å². The second-order valence-electron chi connectivity index (χ2n) is 6.13. The van der Waals surface area contributed by atoms with E-state index in [1.165, 1.54) is 32.4 Å². The van der Waals surface area contributed by atoms with E-state index < -0.39 is 23.7 Å². The molecule has 7 nitrogen and oxygen atoms in total. The Morgan fingerprint density at radius 2 is 1.96 bits per heavy atom. The summed E-state index contributed by atoms with van der Waals surface area (Å²) in [4.78, 5) is 24.1. The standard InChI is InChI=1S/C21H22N2O5/c1-5-7-13(21(25)26)15(6-2)23-20(24)19-14(11-22)18(19)12-8-9-16(27-3)17(10-12)28-4/h5-10,14,18-19H,1H2,2-4H3,(H,23,24)(H,25,26)/b13-7+,15-6+. The molecule has 1 fully saturated rings. The van der Waals surface area contributed by atoms with Crippen LogP contribution in [0.4, 0.5) is 0 Å². The van der Waals surface area contributed by atoms with Gasteiger partial charge in [-0.1, -0.05) is 24.8 Å². The highest BCUT2D eigenvalue weighted by atomic mass is 16.5. The average molecular weight is 382 g/mol. The fraction of sp³-hybridized carbons (Fsp3) is 0.286. The highest BCUT2D eigenvalue weighted by molar-refractivity contribution is 5.95. The number of ether oxygens (including phenoxy) is 2. The third-order valence-corrected chi connectivity index (χ3v) is 4.62. The first kappa shape index (κ1) is 20.8. The van der Waals surface area contributed by atoms with Gasteiger partial charge in [-0.05, 0) is 30.7 Å². The third kappa shape index (κ3) is 4.07. The summed E-state index contributed by atoms with van der Waals surface area (Å²) in [6.07, 6.45) is 4.13. The van der Waals surface area contributed by atoms with Gasteiger partial charge in [-0.3, -0.25) is 4.79 Å². The highest BCUT2D eigenvalue weighted by Gasteiger charge is 2.56. The van der Waals surface area contributed by atoms with E-state index in [1.54, 1.807) is 25.1 Å². The number of benzene rings is 1. The number of hydrogen-bond donors (Lipinski definition) is 2. The quantitative estimate of drug-likeness (QED) is 0.529. The third-order valence-electron chi connectivity index (χ3n) is 4.62. The van der Waals surface area contributed by atoms with E-state index in [0.29, 0.717) is 11.5 Å². The van der Waals surface area contributed by atoms with Crippen molar-refractivity contribution >= 4 is 11.9 Å². The van der Waals surface area contributed by atoms with Crippen molar-refractivity contribution in [2.75, 3.05) is 14.2 Å². The lowest BCUT2D eigenvalue weighted by Crippen LogP contribution is -2.28. The maximum atomic E-state index is 12.7. The Morgan fingerprint density at radius 3 is 2.46 bits per heavy atom. The van der Waals surface area contributed by atoms with Gasteiger partial charge in [-0.25, -0.2) is 4.79 Å². The van der Waals surface area contributed by atoms with Crippen molar-refractivity contribution in [3.8, 4) is 17.6 Å². The molecule has 1 aliphatic rings. The number of carbonyl (C=O) groups excluding carboxylic acids is 1. The van der Waals surface area contributed by atoms with E-state index in [2.05, 4.69) is 18.0 Å². The molecule has 1 aromatic carbocycles. The number of hydrogen-bond acceptors (Lipinski definition) is 5. The Kier molecular flexibility index (Phi) is 6.61. The molecular formula is C21H22N2O5. The average Bonchev–Trinajstić information content (AvgIpc) is 3.44. The molecule has 3 atom stereocenters. The predicted octanol–water partition coefficient (Wildman–Crippen LogP) is 2.77. The summed E-state index contributed by atoms with van der Waals surface area (Å²) in [5.74, 6) is -1.92. The largest absolute Gasteiger partial charge is 0.493 e. The molecule has 0 aliphatic heterocycles. The Morgan fingerprint density at radius 1 is 1.29 bits per heavy atom. The van der Waals surface area contributed by atoms with Crippen LogP contribution in [0, 0.1) is 23.2 Å². The molecule has 0 bridgehead atoms. The maximum Gasteiger partial charge on any atom is 0.337 e. The Labute approximate surface area is 163 Å². The van der Waals surface area contributed by atoms with Gasteiger partial charge in [0, 0.05) is 5.92 Å². The van der Waals surface area contributed by atoms with Gasteiger partial charge in [-0.15, -0.1) is 0 Å². The van der Waals surface area contributed by atoms with E-state index in [0.717, 1.165) is 5.56 Å². The van der Waals surface area contributed by atoms with Gasteiger partial charge in [0.25, 0.3) is 0 Å². The fourth-order valence-electron chi connectivity index (χ4n) is 3.18. The zero-order valence-corrected chi connectivity index (χ0v) is 15.9. The number of aliphatic carboxylic acids is 1. The number of carboxylic acid groups (broad SMARTS) is 1. The Hall–Kier alpha value is -3.53. The monoisotopic (exact) mass is 382 g/mol. The normalized spacial score (nSPS) is 21.3. The molecule has 146 valence electrons. The van der Waals surface area contributed by atoms with Crippen molar-refractivity contribution in [1.82, 2.24) is 5.32 Å². The maximum absolute atomic E-state index is 12.7. The molecule has 1 aliphatic carbocycles. The Balaban J connectivity index is 2.25. The SMILES string of the molecule is C=C/C=C(C(=O)O)\C(=C/C)NC(=O)C1C(C#N)C1c1ccc(OC)c(OC)c1. The van der Waals surface area contributed by atoms with Crippen LogP contribution >= 0.6 is 0 Å². The molecule has 0 aromatic heterocycles. The van der Waals surface area contributed by atoms with Crippen LogP contribution in [0.25, 0.3) is 0 Å². The van der Waals surface area contributed by atoms with Crippen LogP contribution < -0.4 is 14.8 Å². The Bertz CT molecular complexity index is 895. The summed E-state index contributed by atoms with van der Waals surface area (Å²) in [7, 11) is 3.04. The van der Waals surface area contributed by atoms with Gasteiger partial charge in [0.15, 0.2) is 11.5 Å². The van der Waals surface area contributed by atoms with E-state index in [9.17, 15) is 20.0 Å². The molecule has 1 amide bonds. The van der Waals surface area contributed by atoms with E-state index >= 15 is 0 Å². The van der Waals surface area contributed by atoms with Crippen molar-refractivity contribution in [1.29, 1.82) is 5.26 Å². The lowest BCUT2D eigenvalue weighted by Gasteiger charge is -2.11. The molecule has 7 heteroatoms. The first-order valence-corrected chi connectivity index (χ1v) is 8.58. The molecule has 3 unspecified atom stereocenters. The van der Waals surface area contributed by atoms with Gasteiger partial charge >= 0.3 is 5.97 Å². The first-order chi connectivity index (χ1) is 13.4. The fourth-order valence-corrected chi connectivity index (χ4v) is 3.18. The summed E-state index contributed by atoms with van der Waals surface area (Å²) in [6.45, 7) is 5.11. The number of nitrogens with zero attached hydrogens (tertiary/aromatic N) is 1. The molecule has 0 saturated heterocycles. The minimum atomic E-state index is -1.18. The molecule has 28 heavy (non-hydrogen) atoms. The van der Waals surface area contributed by atoms with Gasteiger partial charge < -0.3 is 19.9 Å². The number of nitrogens with one attached hydrogen (secondary N) is 1. The summed E-state index contributed by atoms with van der Waals surface area (Å²) in [5.41, 5.74) is 0.862. The van der Waals surface area contributed by atoms with Crippen molar-refractivity contribution in [2.24, 2.45) is 11.8 Å². The van der Waals surface area contributed by atoms with Crippen molar-refractivity contribution in [3.05, 3.63) is 59.8 Å². The highest BCUT2D eigenvalue weighted by Crippen LogP contribution is 2.54. The van der Waals surface area contributed by atoms with Crippen LogP contribution in [-0.4, -0.2) is 31.2 Å². The lowest BCUT2D eigenvalue weighted by molar-refractivity contribution is -0.132. The smallest absolute Gasteiger partial charge is 0.337 e. The number of amides is 1. The minimum Gasteiger partial charge on any atom is -0.493 e. The van der Waals surface area contributed by atoms with E-state index in [1.807, 2.05) is 0 Å². The van der Waals surface area contributed by atoms with Crippen LogP contribution in [0.1, 0.15) is 18.4 Å². The molecule has 0 heterocycles. The summed E-state index contributed by atoms with van der Waals surface area (Å²) in [6, 6.07) is 7.42. The van der Waals surface area contributed by atoms with Gasteiger partial charge in [0.05, 0.1) is 43.4 Å². The number of rotatable bonds is 8. The topological polar surface area (TPSA) is 109 Å². The van der Waals surface area contributed by atoms with Gasteiger partial charge in [0.1, 0.15) is 0 Å². The zero-order valence-electron chi connectivity index (χ0n) is 15.9. The van der Waals surface area contributed by atoms with Gasteiger partial charge in [-0.2, -0.15) is 5.26 Å².